The minimum Gasteiger partial charge on any atom is -0.383 e. The van der Waals surface area contributed by atoms with Gasteiger partial charge in [0.05, 0.1) is 10.6 Å². The molecule has 110 valence electrons. The molecule has 1 saturated heterocycles. The van der Waals surface area contributed by atoms with Crippen molar-refractivity contribution in [1.29, 1.82) is 0 Å². The number of hydrogen-bond donors (Lipinski definition) is 2. The summed E-state index contributed by atoms with van der Waals surface area (Å²) in [6.07, 6.45) is 0. The van der Waals surface area contributed by atoms with Crippen LogP contribution in [0.3, 0.4) is 0 Å². The normalized spacial score (nSPS) is 17.0. The Morgan fingerprint density at radius 3 is 2.86 bits per heavy atom. The molecule has 0 bridgehead atoms. The summed E-state index contributed by atoms with van der Waals surface area (Å²) in [5.74, 6) is 0.587. The number of thiophene rings is 1. The molecule has 0 amide bonds. The number of aliphatic imine (C=N–C) groups is 1. The second kappa shape index (κ2) is 6.85. The number of benzene rings is 1. The van der Waals surface area contributed by atoms with Gasteiger partial charge in [-0.1, -0.05) is 18.2 Å². The van der Waals surface area contributed by atoms with Crippen molar-refractivity contribution in [2.75, 3.05) is 26.2 Å². The average molecular weight is 300 g/mol. The fourth-order valence-corrected chi connectivity index (χ4v) is 3.10. The zero-order valence-electron chi connectivity index (χ0n) is 12.0. The van der Waals surface area contributed by atoms with E-state index in [0.29, 0.717) is 5.84 Å². The first-order valence-corrected chi connectivity index (χ1v) is 8.09. The number of rotatable bonds is 4. The highest BCUT2D eigenvalue weighted by Gasteiger charge is 2.10. The zero-order valence-corrected chi connectivity index (χ0v) is 12.8. The van der Waals surface area contributed by atoms with Gasteiger partial charge in [0.1, 0.15) is 5.84 Å². The Kier molecular flexibility index (Phi) is 4.65. The summed E-state index contributed by atoms with van der Waals surface area (Å²) in [4.78, 5) is 8.01. The van der Waals surface area contributed by atoms with E-state index in [2.05, 4.69) is 33.4 Å². The summed E-state index contributed by atoms with van der Waals surface area (Å²) < 4.78 is 0. The van der Waals surface area contributed by atoms with Crippen LogP contribution in [0.2, 0.25) is 0 Å². The monoisotopic (exact) mass is 300 g/mol. The van der Waals surface area contributed by atoms with E-state index in [9.17, 15) is 0 Å². The molecule has 1 fully saturated rings. The molecule has 2 heterocycles. The molecule has 3 N–H and O–H groups in total. The minimum absolute atomic E-state index is 0.587. The number of hydrogen-bond acceptors (Lipinski definition) is 4. The van der Waals surface area contributed by atoms with E-state index in [0.717, 1.165) is 43.3 Å². The standard InChI is InChI=1S/C16H20N4S/c17-16(15-5-2-10-21-15)19-14-4-1-3-13(11-14)12-20-8-6-18-7-9-20/h1-5,10-11,18H,6-9,12H2,(H2,17,19). The van der Waals surface area contributed by atoms with Crippen molar-refractivity contribution in [3.05, 3.63) is 52.2 Å². The summed E-state index contributed by atoms with van der Waals surface area (Å²) in [7, 11) is 0. The Balaban J connectivity index is 1.72. The highest BCUT2D eigenvalue weighted by Crippen LogP contribution is 2.18. The van der Waals surface area contributed by atoms with Crippen LogP contribution in [0.5, 0.6) is 0 Å². The van der Waals surface area contributed by atoms with Crippen LogP contribution in [0.4, 0.5) is 5.69 Å². The van der Waals surface area contributed by atoms with E-state index in [4.69, 9.17) is 5.73 Å². The fourth-order valence-electron chi connectivity index (χ4n) is 2.47. The summed E-state index contributed by atoms with van der Waals surface area (Å²) in [5, 5.41) is 5.39. The molecule has 3 rings (SSSR count). The molecule has 0 saturated carbocycles. The first-order chi connectivity index (χ1) is 10.3. The lowest BCUT2D eigenvalue weighted by Crippen LogP contribution is -2.42. The number of amidine groups is 1. The van der Waals surface area contributed by atoms with Crippen molar-refractivity contribution in [3.63, 3.8) is 0 Å². The highest BCUT2D eigenvalue weighted by atomic mass is 32.1. The molecule has 1 aromatic carbocycles. The summed E-state index contributed by atoms with van der Waals surface area (Å²) >= 11 is 1.61. The predicted molar refractivity (Wildman–Crippen MR) is 89.3 cm³/mol. The molecule has 5 heteroatoms. The Morgan fingerprint density at radius 1 is 1.24 bits per heavy atom. The van der Waals surface area contributed by atoms with Crippen molar-refractivity contribution in [1.82, 2.24) is 10.2 Å². The second-order valence-corrected chi connectivity index (χ2v) is 6.12. The van der Waals surface area contributed by atoms with Crippen molar-refractivity contribution < 1.29 is 0 Å². The lowest BCUT2D eigenvalue weighted by Gasteiger charge is -2.27. The molecular formula is C16H20N4S. The van der Waals surface area contributed by atoms with Crippen LogP contribution in [0.1, 0.15) is 10.4 Å². The molecule has 0 radical (unpaired) electrons. The molecular weight excluding hydrogens is 280 g/mol. The highest BCUT2D eigenvalue weighted by molar-refractivity contribution is 7.12. The molecule has 0 atom stereocenters. The van der Waals surface area contributed by atoms with Crippen LogP contribution in [0.15, 0.2) is 46.8 Å². The molecule has 0 aliphatic carbocycles. The lowest BCUT2D eigenvalue weighted by molar-refractivity contribution is 0.233. The van der Waals surface area contributed by atoms with Crippen LogP contribution in [-0.4, -0.2) is 36.9 Å². The molecule has 0 unspecified atom stereocenters. The van der Waals surface area contributed by atoms with Crippen LogP contribution in [0, 0.1) is 0 Å². The topological polar surface area (TPSA) is 53.6 Å². The molecule has 1 aliphatic heterocycles. The van der Waals surface area contributed by atoms with Crippen molar-refractivity contribution >= 4 is 22.9 Å². The number of piperazine rings is 1. The second-order valence-electron chi connectivity index (χ2n) is 5.17. The van der Waals surface area contributed by atoms with E-state index in [1.807, 2.05) is 23.6 Å². The number of nitrogens with one attached hydrogen (secondary N) is 1. The first-order valence-electron chi connectivity index (χ1n) is 7.21. The number of nitrogens with two attached hydrogens (primary N) is 1. The van der Waals surface area contributed by atoms with E-state index >= 15 is 0 Å². The quantitative estimate of drug-likeness (QED) is 0.672. The van der Waals surface area contributed by atoms with E-state index < -0.39 is 0 Å². The SMILES string of the molecule is N/C(=N\c1cccc(CN2CCNCC2)c1)c1cccs1. The van der Waals surface area contributed by atoms with Gasteiger partial charge in [-0.2, -0.15) is 0 Å². The zero-order chi connectivity index (χ0) is 14.5. The van der Waals surface area contributed by atoms with Crippen LogP contribution in [0.25, 0.3) is 0 Å². The van der Waals surface area contributed by atoms with Gasteiger partial charge in [-0.15, -0.1) is 11.3 Å². The first kappa shape index (κ1) is 14.3. The van der Waals surface area contributed by atoms with Gasteiger partial charge in [0, 0.05) is 32.7 Å². The average Bonchev–Trinajstić information content (AvgIpc) is 3.03. The van der Waals surface area contributed by atoms with Gasteiger partial charge in [-0.3, -0.25) is 4.90 Å². The van der Waals surface area contributed by atoms with Gasteiger partial charge in [0.25, 0.3) is 0 Å². The molecule has 21 heavy (non-hydrogen) atoms. The Bertz CT molecular complexity index is 600. The molecule has 0 spiro atoms. The minimum atomic E-state index is 0.587. The largest absolute Gasteiger partial charge is 0.383 e. The maximum absolute atomic E-state index is 6.05. The maximum Gasteiger partial charge on any atom is 0.141 e. The van der Waals surface area contributed by atoms with Crippen LogP contribution >= 0.6 is 11.3 Å². The van der Waals surface area contributed by atoms with Gasteiger partial charge in [0.15, 0.2) is 0 Å². The predicted octanol–water partition coefficient (Wildman–Crippen LogP) is 2.19. The summed E-state index contributed by atoms with van der Waals surface area (Å²) in [5.41, 5.74) is 8.26. The fraction of sp³-hybridized carbons (Fsp3) is 0.312. The van der Waals surface area contributed by atoms with E-state index in [1.165, 1.54) is 5.56 Å². The lowest BCUT2D eigenvalue weighted by atomic mass is 10.2. The third-order valence-corrected chi connectivity index (χ3v) is 4.44. The van der Waals surface area contributed by atoms with Gasteiger partial charge < -0.3 is 11.1 Å². The van der Waals surface area contributed by atoms with Crippen LogP contribution in [-0.2, 0) is 6.54 Å². The number of nitrogens with zero attached hydrogens (tertiary/aromatic N) is 2. The van der Waals surface area contributed by atoms with Crippen molar-refractivity contribution in [2.45, 2.75) is 6.54 Å². The van der Waals surface area contributed by atoms with Gasteiger partial charge in [0.2, 0.25) is 0 Å². The van der Waals surface area contributed by atoms with E-state index in [-0.39, 0.29) is 0 Å². The Labute approximate surface area is 129 Å². The van der Waals surface area contributed by atoms with Gasteiger partial charge >= 0.3 is 0 Å². The van der Waals surface area contributed by atoms with Gasteiger partial charge in [-0.25, -0.2) is 4.99 Å². The van der Waals surface area contributed by atoms with Crippen molar-refractivity contribution in [3.8, 4) is 0 Å². The van der Waals surface area contributed by atoms with Crippen molar-refractivity contribution in [2.24, 2.45) is 10.7 Å². The molecule has 4 nitrogen and oxygen atoms in total. The van der Waals surface area contributed by atoms with Crippen LogP contribution < -0.4 is 11.1 Å². The third-order valence-electron chi connectivity index (χ3n) is 3.55. The third kappa shape index (κ3) is 3.91. The Morgan fingerprint density at radius 2 is 2.10 bits per heavy atom. The molecule has 1 aliphatic rings. The molecule has 2 aromatic rings. The molecule has 1 aromatic heterocycles. The maximum atomic E-state index is 6.05. The smallest absolute Gasteiger partial charge is 0.141 e. The summed E-state index contributed by atoms with van der Waals surface area (Å²) in [6.45, 7) is 5.33. The summed E-state index contributed by atoms with van der Waals surface area (Å²) in [6, 6.07) is 12.3. The van der Waals surface area contributed by atoms with Gasteiger partial charge in [-0.05, 0) is 29.1 Å². The Hall–Kier alpha value is -1.69. The van der Waals surface area contributed by atoms with E-state index in [1.54, 1.807) is 11.3 Å².